The fourth-order valence-corrected chi connectivity index (χ4v) is 1.53. The van der Waals surface area contributed by atoms with Crippen molar-refractivity contribution in [3.63, 3.8) is 0 Å². The average Bonchev–Trinajstić information content (AvgIpc) is 2.12. The number of nitrogens with two attached hydrogens (primary N) is 1. The predicted octanol–water partition coefficient (Wildman–Crippen LogP) is 0.219. The molecule has 1 amide bonds. The minimum atomic E-state index is 0.172. The van der Waals surface area contributed by atoms with Crippen molar-refractivity contribution < 1.29 is 9.53 Å². The van der Waals surface area contributed by atoms with E-state index in [2.05, 4.69) is 0 Å². The van der Waals surface area contributed by atoms with Gasteiger partial charge in [0.15, 0.2) is 0 Å². The second kappa shape index (κ2) is 5.32. The monoisotopic (exact) mass is 200 g/mol. The Bertz CT molecular complexity index is 191. The second-order valence-electron chi connectivity index (χ2n) is 3.99. The maximum Gasteiger partial charge on any atom is 0.222 e. The van der Waals surface area contributed by atoms with Gasteiger partial charge in [-0.15, -0.1) is 0 Å². The summed E-state index contributed by atoms with van der Waals surface area (Å²) >= 11 is 0. The van der Waals surface area contributed by atoms with Gasteiger partial charge in [-0.3, -0.25) is 4.79 Å². The Balaban J connectivity index is 2.11. The van der Waals surface area contributed by atoms with Crippen LogP contribution in [0.3, 0.4) is 0 Å². The van der Waals surface area contributed by atoms with E-state index in [4.69, 9.17) is 10.5 Å². The van der Waals surface area contributed by atoms with Crippen molar-refractivity contribution in [3.8, 4) is 0 Å². The lowest BCUT2D eigenvalue weighted by atomic mass is 9.99. The number of carbonyl (C=O) groups excluding carboxylic acids is 1. The molecule has 1 aliphatic rings. The van der Waals surface area contributed by atoms with Gasteiger partial charge in [-0.25, -0.2) is 0 Å². The van der Waals surface area contributed by atoms with Crippen LogP contribution in [0, 0.1) is 5.92 Å². The summed E-state index contributed by atoms with van der Waals surface area (Å²) in [7, 11) is 1.67. The molecule has 82 valence electrons. The Morgan fingerprint density at radius 3 is 2.79 bits per heavy atom. The van der Waals surface area contributed by atoms with Crippen LogP contribution in [0.5, 0.6) is 0 Å². The summed E-state index contributed by atoms with van der Waals surface area (Å²) in [5.41, 5.74) is 5.48. The van der Waals surface area contributed by atoms with Gasteiger partial charge in [0.1, 0.15) is 0 Å². The number of likely N-dealkylation sites (tertiary alicyclic amines) is 1. The molecule has 1 atom stereocenters. The molecule has 0 aromatic rings. The van der Waals surface area contributed by atoms with E-state index >= 15 is 0 Å². The topological polar surface area (TPSA) is 55.6 Å². The van der Waals surface area contributed by atoms with Gasteiger partial charge in [0.2, 0.25) is 5.91 Å². The van der Waals surface area contributed by atoms with E-state index in [1.807, 2.05) is 11.8 Å². The summed E-state index contributed by atoms with van der Waals surface area (Å²) in [5.74, 6) is 0.761. The minimum Gasteiger partial charge on any atom is -0.382 e. The van der Waals surface area contributed by atoms with E-state index in [1.54, 1.807) is 7.11 Å². The number of amides is 1. The smallest absolute Gasteiger partial charge is 0.222 e. The van der Waals surface area contributed by atoms with Crippen LogP contribution in [0.1, 0.15) is 19.8 Å². The SMILES string of the molecule is COC(C)CCC(=O)N1CC(CN)C1. The molecule has 1 unspecified atom stereocenters. The Labute approximate surface area is 85.4 Å². The van der Waals surface area contributed by atoms with Gasteiger partial charge in [-0.05, 0) is 19.9 Å². The molecule has 0 radical (unpaired) electrons. The first-order valence-electron chi connectivity index (χ1n) is 5.18. The van der Waals surface area contributed by atoms with Crippen LogP contribution >= 0.6 is 0 Å². The molecule has 1 rings (SSSR count). The summed E-state index contributed by atoms with van der Waals surface area (Å²) in [4.78, 5) is 13.4. The van der Waals surface area contributed by atoms with Crippen molar-refractivity contribution in [1.29, 1.82) is 0 Å². The van der Waals surface area contributed by atoms with Crippen LogP contribution in [0.15, 0.2) is 0 Å². The van der Waals surface area contributed by atoms with Crippen LogP contribution < -0.4 is 5.73 Å². The number of ether oxygens (including phenoxy) is 1. The number of hydrogen-bond acceptors (Lipinski definition) is 3. The third-order valence-electron chi connectivity index (χ3n) is 2.81. The van der Waals surface area contributed by atoms with Crippen molar-refractivity contribution >= 4 is 5.91 Å². The highest BCUT2D eigenvalue weighted by Gasteiger charge is 2.28. The maximum atomic E-state index is 11.5. The Morgan fingerprint density at radius 1 is 1.64 bits per heavy atom. The molecule has 0 aromatic carbocycles. The number of carbonyl (C=O) groups is 1. The zero-order chi connectivity index (χ0) is 10.6. The molecular formula is C10H20N2O2. The third kappa shape index (κ3) is 2.96. The summed E-state index contributed by atoms with van der Waals surface area (Å²) in [6, 6.07) is 0. The second-order valence-corrected chi connectivity index (χ2v) is 3.99. The number of hydrogen-bond donors (Lipinski definition) is 1. The van der Waals surface area contributed by atoms with Gasteiger partial charge in [0.05, 0.1) is 6.10 Å². The molecule has 2 N–H and O–H groups in total. The molecule has 14 heavy (non-hydrogen) atoms. The zero-order valence-corrected chi connectivity index (χ0v) is 9.03. The van der Waals surface area contributed by atoms with Crippen molar-refractivity contribution in [3.05, 3.63) is 0 Å². The lowest BCUT2D eigenvalue weighted by Gasteiger charge is -2.38. The van der Waals surface area contributed by atoms with Gasteiger partial charge >= 0.3 is 0 Å². The highest BCUT2D eigenvalue weighted by atomic mass is 16.5. The van der Waals surface area contributed by atoms with E-state index in [-0.39, 0.29) is 12.0 Å². The lowest BCUT2D eigenvalue weighted by molar-refractivity contribution is -0.137. The largest absolute Gasteiger partial charge is 0.382 e. The first-order chi connectivity index (χ1) is 6.67. The molecule has 0 aliphatic carbocycles. The van der Waals surface area contributed by atoms with Crippen molar-refractivity contribution in [2.24, 2.45) is 11.7 Å². The van der Waals surface area contributed by atoms with Gasteiger partial charge in [0.25, 0.3) is 0 Å². The van der Waals surface area contributed by atoms with Gasteiger partial charge in [-0.1, -0.05) is 0 Å². The summed E-state index contributed by atoms with van der Waals surface area (Å²) in [5, 5.41) is 0. The van der Waals surface area contributed by atoms with Crippen LogP contribution in [0.4, 0.5) is 0 Å². The van der Waals surface area contributed by atoms with Gasteiger partial charge < -0.3 is 15.4 Å². The highest BCUT2D eigenvalue weighted by molar-refractivity contribution is 5.77. The molecule has 0 aromatic heterocycles. The number of rotatable bonds is 5. The van der Waals surface area contributed by atoms with Crippen molar-refractivity contribution in [1.82, 2.24) is 4.90 Å². The summed E-state index contributed by atoms with van der Waals surface area (Å²) in [6.45, 7) is 4.36. The van der Waals surface area contributed by atoms with E-state index in [0.29, 0.717) is 18.9 Å². The number of nitrogens with zero attached hydrogens (tertiary/aromatic N) is 1. The Morgan fingerprint density at radius 2 is 2.29 bits per heavy atom. The predicted molar refractivity (Wildman–Crippen MR) is 54.8 cm³/mol. The molecule has 1 aliphatic heterocycles. The van der Waals surface area contributed by atoms with E-state index in [9.17, 15) is 4.79 Å². The van der Waals surface area contributed by atoms with E-state index in [1.165, 1.54) is 0 Å². The number of methoxy groups -OCH3 is 1. The van der Waals surface area contributed by atoms with Gasteiger partial charge in [-0.2, -0.15) is 0 Å². The molecular weight excluding hydrogens is 180 g/mol. The third-order valence-corrected chi connectivity index (χ3v) is 2.81. The van der Waals surface area contributed by atoms with Crippen LogP contribution in [-0.4, -0.2) is 43.7 Å². The fourth-order valence-electron chi connectivity index (χ4n) is 1.53. The van der Waals surface area contributed by atoms with E-state index < -0.39 is 0 Å². The summed E-state index contributed by atoms with van der Waals surface area (Å²) in [6.07, 6.45) is 1.57. The van der Waals surface area contributed by atoms with Crippen molar-refractivity contribution in [2.45, 2.75) is 25.9 Å². The molecule has 1 heterocycles. The van der Waals surface area contributed by atoms with Crippen molar-refractivity contribution in [2.75, 3.05) is 26.7 Å². The van der Waals surface area contributed by atoms with Crippen LogP contribution in [0.2, 0.25) is 0 Å². The molecule has 4 nitrogen and oxygen atoms in total. The molecule has 1 fully saturated rings. The van der Waals surface area contributed by atoms with E-state index in [0.717, 1.165) is 19.5 Å². The Hall–Kier alpha value is -0.610. The van der Waals surface area contributed by atoms with Crippen LogP contribution in [0.25, 0.3) is 0 Å². The maximum absolute atomic E-state index is 11.5. The average molecular weight is 200 g/mol. The summed E-state index contributed by atoms with van der Waals surface area (Å²) < 4.78 is 5.08. The molecule has 4 heteroatoms. The standard InChI is InChI=1S/C10H20N2O2/c1-8(14-2)3-4-10(13)12-6-9(5-11)7-12/h8-9H,3-7,11H2,1-2H3. The van der Waals surface area contributed by atoms with Crippen LogP contribution in [-0.2, 0) is 9.53 Å². The van der Waals surface area contributed by atoms with Gasteiger partial charge in [0, 0.05) is 32.5 Å². The molecule has 0 bridgehead atoms. The fraction of sp³-hybridized carbons (Fsp3) is 0.900. The Kier molecular flexibility index (Phi) is 4.35. The quantitative estimate of drug-likeness (QED) is 0.690. The molecule has 0 spiro atoms. The zero-order valence-electron chi connectivity index (χ0n) is 9.03. The molecule has 0 saturated carbocycles. The lowest BCUT2D eigenvalue weighted by Crippen LogP contribution is -2.52. The first kappa shape index (κ1) is 11.5. The highest BCUT2D eigenvalue weighted by Crippen LogP contribution is 2.16. The normalized spacial score (nSPS) is 19.2. The molecule has 1 saturated heterocycles. The minimum absolute atomic E-state index is 0.172. The first-order valence-corrected chi connectivity index (χ1v) is 5.18.